The Morgan fingerprint density at radius 2 is 0.611 bits per heavy atom. The van der Waals surface area contributed by atoms with Gasteiger partial charge >= 0.3 is 17.2 Å². The van der Waals surface area contributed by atoms with E-state index in [9.17, 15) is 0 Å². The quantitative estimate of drug-likeness (QED) is 0.158. The fraction of sp³-hybridized carbons (Fsp3) is 0.625. The Morgan fingerprint density at radius 3 is 0.806 bits per heavy atom. The molecule has 0 N–H and O–H groups in total. The highest BCUT2D eigenvalue weighted by molar-refractivity contribution is 7.43. The van der Waals surface area contributed by atoms with Gasteiger partial charge in [0.2, 0.25) is 0 Å². The molecule has 2 saturated carbocycles. The van der Waals surface area contributed by atoms with E-state index >= 15 is 0 Å². The Hall–Kier alpha value is -3.14. The van der Waals surface area contributed by atoms with Crippen LogP contribution in [0.15, 0.2) is 48.5 Å². The van der Waals surface area contributed by atoms with Crippen LogP contribution in [0.2, 0.25) is 0 Å². The van der Waals surface area contributed by atoms with Gasteiger partial charge in [0.25, 0.3) is 0 Å². The van der Waals surface area contributed by atoms with Gasteiger partial charge in [-0.25, -0.2) is 0 Å². The van der Waals surface area contributed by atoms with Crippen LogP contribution in [0, 0.1) is 35.5 Å². The summed E-state index contributed by atoms with van der Waals surface area (Å²) in [5, 5.41) is 0. The first-order valence-corrected chi connectivity index (χ1v) is 30.1. The second-order valence-electron chi connectivity index (χ2n) is 28.0. The van der Waals surface area contributed by atoms with Gasteiger partial charge in [-0.3, -0.25) is 9.05 Å². The van der Waals surface area contributed by atoms with E-state index in [1.807, 2.05) is 0 Å². The van der Waals surface area contributed by atoms with Gasteiger partial charge in [0.15, 0.2) is 0 Å². The van der Waals surface area contributed by atoms with Gasteiger partial charge in [0.05, 0.1) is 12.2 Å². The molecule has 0 radical (unpaired) electrons. The van der Waals surface area contributed by atoms with Crippen LogP contribution in [0.4, 0.5) is 0 Å². The number of rotatable bonds is 6. The highest BCUT2D eigenvalue weighted by Crippen LogP contribution is 2.57. The second-order valence-corrected chi connectivity index (χ2v) is 30.0. The summed E-state index contributed by atoms with van der Waals surface area (Å²) in [6, 6.07) is 19.4. The van der Waals surface area contributed by atoms with E-state index in [-0.39, 0.29) is 33.9 Å². The second kappa shape index (κ2) is 20.1. The zero-order valence-corrected chi connectivity index (χ0v) is 49.4. The summed E-state index contributed by atoms with van der Waals surface area (Å²) in [5.74, 6) is 6.47. The molecule has 0 aromatic heterocycles. The van der Waals surface area contributed by atoms with Gasteiger partial charge in [-0.15, -0.1) is 0 Å². The molecular formula is C64H90O6P2. The Bertz CT molecular complexity index is 2310. The van der Waals surface area contributed by atoms with Crippen molar-refractivity contribution in [3.8, 4) is 23.0 Å². The third-order valence-corrected chi connectivity index (χ3v) is 19.2. The molecule has 8 heteroatoms. The number of hydrogen-bond donors (Lipinski definition) is 0. The summed E-state index contributed by atoms with van der Waals surface area (Å²) < 4.78 is 45.1. The molecular weight excluding hydrogens is 927 g/mol. The summed E-state index contributed by atoms with van der Waals surface area (Å²) >= 11 is 0. The van der Waals surface area contributed by atoms with Crippen molar-refractivity contribution in [2.24, 2.45) is 35.5 Å². The zero-order chi connectivity index (χ0) is 52.0. The van der Waals surface area contributed by atoms with E-state index in [4.69, 9.17) is 27.1 Å². The van der Waals surface area contributed by atoms with Gasteiger partial charge in [-0.2, -0.15) is 0 Å². The average molecular weight is 1020 g/mol. The molecule has 7 aliphatic rings. The first kappa shape index (κ1) is 53.7. The molecule has 6 atom stereocenters. The van der Waals surface area contributed by atoms with Crippen LogP contribution < -0.4 is 18.1 Å². The van der Waals surface area contributed by atoms with Crippen molar-refractivity contribution in [2.45, 2.75) is 223 Å². The maximum atomic E-state index is 7.55. The monoisotopic (exact) mass is 1020 g/mol. The lowest BCUT2D eigenvalue weighted by Gasteiger charge is -2.39. The Morgan fingerprint density at radius 1 is 0.389 bits per heavy atom. The predicted octanol–water partition coefficient (Wildman–Crippen LogP) is 18.5. The molecule has 0 amide bonds. The molecule has 3 aliphatic carbocycles. The van der Waals surface area contributed by atoms with E-state index in [0.717, 1.165) is 70.9 Å². The number of fused-ring (bicyclic) bond motifs is 4. The first-order chi connectivity index (χ1) is 33.6. The van der Waals surface area contributed by atoms with Gasteiger partial charge in [0, 0.05) is 25.7 Å². The molecule has 6 nitrogen and oxygen atoms in total. The van der Waals surface area contributed by atoms with Gasteiger partial charge < -0.3 is 18.1 Å². The smallest absolute Gasteiger partial charge is 0.417 e. The van der Waals surface area contributed by atoms with Crippen molar-refractivity contribution < 1.29 is 27.1 Å². The van der Waals surface area contributed by atoms with Crippen LogP contribution in [-0.2, 0) is 56.4 Å². The molecule has 4 aromatic rings. The van der Waals surface area contributed by atoms with Crippen molar-refractivity contribution in [2.75, 3.05) is 0 Å². The fourth-order valence-corrected chi connectivity index (χ4v) is 14.9. The predicted molar refractivity (Wildman–Crippen MR) is 301 cm³/mol. The van der Waals surface area contributed by atoms with Crippen LogP contribution in [0.5, 0.6) is 23.0 Å². The SMILES string of the molecule is CC1CCC(C(C)C)C(OP2Oc3c4cc(C(C)(C)C)cc3Cc3cc(C(C)(C)C)cc5c3OP(OC3CC(C)CCC3C(C)C)Oc3c(cc(C(C)(C)C)cc3Cc3cc(C(C)(C)C)cc(c3O2)C4)C5)C1. The molecule has 12 bridgehead atoms. The van der Waals surface area contributed by atoms with Crippen LogP contribution in [0.1, 0.15) is 230 Å². The lowest BCUT2D eigenvalue weighted by Crippen LogP contribution is -2.34. The topological polar surface area (TPSA) is 55.4 Å². The third-order valence-electron chi connectivity index (χ3n) is 17.0. The molecule has 0 spiro atoms. The normalized spacial score (nSPS) is 24.1. The molecule has 72 heavy (non-hydrogen) atoms. The van der Waals surface area contributed by atoms with Crippen molar-refractivity contribution in [1.82, 2.24) is 0 Å². The minimum absolute atomic E-state index is 0.0238. The van der Waals surface area contributed by atoms with Crippen molar-refractivity contribution >= 4 is 17.2 Å². The summed E-state index contributed by atoms with van der Waals surface area (Å²) in [5.41, 5.74) is 13.9. The van der Waals surface area contributed by atoms with E-state index in [1.165, 1.54) is 57.3 Å². The summed E-state index contributed by atoms with van der Waals surface area (Å²) in [4.78, 5) is 0. The van der Waals surface area contributed by atoms with Gasteiger partial charge in [-0.05, 0) is 150 Å². The van der Waals surface area contributed by atoms with Crippen molar-refractivity contribution in [1.29, 1.82) is 0 Å². The molecule has 392 valence electrons. The summed E-state index contributed by atoms with van der Waals surface area (Å²) in [6.07, 6.45) is 9.29. The van der Waals surface area contributed by atoms with E-state index in [2.05, 4.69) is 173 Å². The lowest BCUT2D eigenvalue weighted by atomic mass is 9.75. The van der Waals surface area contributed by atoms with Crippen LogP contribution in [0.3, 0.4) is 0 Å². The van der Waals surface area contributed by atoms with Gasteiger partial charge in [0.1, 0.15) is 23.0 Å². The molecule has 11 rings (SSSR count). The largest absolute Gasteiger partial charge is 0.463 e. The van der Waals surface area contributed by atoms with Gasteiger partial charge in [-0.1, -0.05) is 186 Å². The average Bonchev–Trinajstić information content (AvgIpc) is 3.23. The number of benzene rings is 4. The standard InChI is InChI=1S/C64H90O6P2/c1-37(2)53-21-19-39(5)23-55(53)65-71-67-57-41-25-42-30-50(62(10,11)12)34-46(58(42)68-71)28-48-36-52(64(16,17)18)32-44-26-43-31-51(63(13,14)15)35-47(27-45(57)33-49(29-41)61(7,8)9)59(43)69-72(70-60(44)48)66-56-24-40(6)20-22-54(56)38(3)4/h29-40,53-56H,19-28H2,1-18H3. The third kappa shape index (κ3) is 11.5. The lowest BCUT2D eigenvalue weighted by molar-refractivity contribution is 0.0390. The minimum atomic E-state index is -1.90. The van der Waals surface area contributed by atoms with Crippen molar-refractivity contribution in [3.05, 3.63) is 115 Å². The van der Waals surface area contributed by atoms with Crippen LogP contribution in [0.25, 0.3) is 0 Å². The minimum Gasteiger partial charge on any atom is -0.417 e. The molecule has 4 heterocycles. The Kier molecular flexibility index (Phi) is 15.0. The molecule has 0 saturated heterocycles. The maximum Gasteiger partial charge on any atom is 0.463 e. The van der Waals surface area contributed by atoms with E-state index < -0.39 is 17.2 Å². The molecule has 2 fully saturated rings. The van der Waals surface area contributed by atoms with E-state index in [1.54, 1.807) is 0 Å². The fourth-order valence-electron chi connectivity index (χ4n) is 12.2. The molecule has 6 unspecified atom stereocenters. The highest BCUT2D eigenvalue weighted by atomic mass is 31.2. The first-order valence-electron chi connectivity index (χ1n) is 27.9. The molecule has 4 aromatic carbocycles. The van der Waals surface area contributed by atoms with Crippen molar-refractivity contribution in [3.63, 3.8) is 0 Å². The number of hydrogen-bond acceptors (Lipinski definition) is 6. The zero-order valence-electron chi connectivity index (χ0n) is 47.7. The Labute approximate surface area is 438 Å². The van der Waals surface area contributed by atoms with Crippen LogP contribution >= 0.6 is 17.2 Å². The summed E-state index contributed by atoms with van der Waals surface area (Å²) in [6.45, 7) is 42.2. The molecule has 4 aliphatic heterocycles. The van der Waals surface area contributed by atoms with E-state index in [0.29, 0.717) is 61.2 Å². The Balaban J connectivity index is 1.37. The maximum absolute atomic E-state index is 7.55. The van der Waals surface area contributed by atoms with Crippen LogP contribution in [-0.4, -0.2) is 12.2 Å². The highest BCUT2D eigenvalue weighted by Gasteiger charge is 2.41. The summed E-state index contributed by atoms with van der Waals surface area (Å²) in [7, 11) is -3.80.